The summed E-state index contributed by atoms with van der Waals surface area (Å²) in [5.41, 5.74) is 3.40. The maximum Gasteiger partial charge on any atom is 0.265 e. The zero-order chi connectivity index (χ0) is 21.4. The standard InChI is InChI=1S/C21H16ClN7OS/c1-13-18-10-19(31-21(18)28(25-13)11-14-5-7-15(22)8-6-14)20(30)24-16-3-2-4-17(9-16)29-12-23-26-27-29/h2-10,12H,11H2,1H3,(H,24,30). The minimum absolute atomic E-state index is 0.174. The highest BCUT2D eigenvalue weighted by atomic mass is 35.5. The molecule has 154 valence electrons. The topological polar surface area (TPSA) is 90.5 Å². The first-order valence-electron chi connectivity index (χ1n) is 9.43. The summed E-state index contributed by atoms with van der Waals surface area (Å²) in [6.07, 6.45) is 1.50. The van der Waals surface area contributed by atoms with E-state index in [0.717, 1.165) is 27.2 Å². The van der Waals surface area contributed by atoms with E-state index in [-0.39, 0.29) is 5.91 Å². The number of nitrogens with one attached hydrogen (secondary N) is 1. The van der Waals surface area contributed by atoms with Gasteiger partial charge in [-0.05, 0) is 59.3 Å². The Morgan fingerprint density at radius 1 is 1.16 bits per heavy atom. The second-order valence-electron chi connectivity index (χ2n) is 6.96. The molecule has 3 heterocycles. The molecule has 5 rings (SSSR count). The first-order valence-corrected chi connectivity index (χ1v) is 10.6. The zero-order valence-corrected chi connectivity index (χ0v) is 17.9. The number of anilines is 1. The number of halogens is 1. The molecule has 2 aromatic carbocycles. The van der Waals surface area contributed by atoms with Gasteiger partial charge in [-0.15, -0.1) is 16.4 Å². The molecular formula is C21H16ClN7OS. The SMILES string of the molecule is Cc1nn(Cc2ccc(Cl)cc2)c2sc(C(=O)Nc3cccc(-n4cnnn4)c3)cc12. The van der Waals surface area contributed by atoms with Crippen LogP contribution in [0.3, 0.4) is 0 Å². The number of amides is 1. The van der Waals surface area contributed by atoms with E-state index >= 15 is 0 Å². The molecule has 31 heavy (non-hydrogen) atoms. The van der Waals surface area contributed by atoms with Gasteiger partial charge >= 0.3 is 0 Å². The second-order valence-corrected chi connectivity index (χ2v) is 8.42. The van der Waals surface area contributed by atoms with Gasteiger partial charge in [-0.1, -0.05) is 29.8 Å². The molecule has 0 radical (unpaired) electrons. The predicted molar refractivity (Wildman–Crippen MR) is 120 cm³/mol. The van der Waals surface area contributed by atoms with Crippen molar-refractivity contribution < 1.29 is 4.79 Å². The Kier molecular flexibility index (Phi) is 4.97. The molecule has 1 N–H and O–H groups in total. The number of carbonyl (C=O) groups is 1. The summed E-state index contributed by atoms with van der Waals surface area (Å²) in [4.78, 5) is 14.5. The van der Waals surface area contributed by atoms with Crippen molar-refractivity contribution in [2.24, 2.45) is 0 Å². The third-order valence-corrected chi connectivity index (χ3v) is 6.19. The zero-order valence-electron chi connectivity index (χ0n) is 16.4. The number of hydrogen-bond acceptors (Lipinski definition) is 6. The van der Waals surface area contributed by atoms with Crippen LogP contribution in [0.1, 0.15) is 20.9 Å². The first-order chi connectivity index (χ1) is 15.1. The molecule has 10 heteroatoms. The number of rotatable bonds is 5. The lowest BCUT2D eigenvalue weighted by atomic mass is 10.2. The lowest BCUT2D eigenvalue weighted by molar-refractivity contribution is 0.103. The van der Waals surface area contributed by atoms with Crippen LogP contribution in [0.15, 0.2) is 60.9 Å². The first kappa shape index (κ1) is 19.4. The summed E-state index contributed by atoms with van der Waals surface area (Å²) in [7, 11) is 0. The van der Waals surface area contributed by atoms with Gasteiger partial charge in [0.2, 0.25) is 0 Å². The predicted octanol–water partition coefficient (Wildman–Crippen LogP) is 4.34. The van der Waals surface area contributed by atoms with Gasteiger partial charge in [0.1, 0.15) is 11.2 Å². The lowest BCUT2D eigenvalue weighted by Crippen LogP contribution is -2.10. The highest BCUT2D eigenvalue weighted by molar-refractivity contribution is 7.20. The Balaban J connectivity index is 1.40. The molecule has 5 aromatic rings. The van der Waals surface area contributed by atoms with E-state index in [0.29, 0.717) is 22.1 Å². The van der Waals surface area contributed by atoms with E-state index in [2.05, 4.69) is 25.9 Å². The normalized spacial score (nSPS) is 11.2. The third kappa shape index (κ3) is 3.92. The van der Waals surface area contributed by atoms with Crippen molar-refractivity contribution in [2.75, 3.05) is 5.32 Å². The Morgan fingerprint density at radius 3 is 2.77 bits per heavy atom. The molecule has 8 nitrogen and oxygen atoms in total. The molecule has 0 saturated carbocycles. The van der Waals surface area contributed by atoms with E-state index < -0.39 is 0 Å². The van der Waals surface area contributed by atoms with Crippen LogP contribution in [0, 0.1) is 6.92 Å². The fourth-order valence-corrected chi connectivity index (χ4v) is 4.48. The number of hydrogen-bond donors (Lipinski definition) is 1. The summed E-state index contributed by atoms with van der Waals surface area (Å²) in [6, 6.07) is 16.9. The molecular weight excluding hydrogens is 434 g/mol. The number of tetrazole rings is 1. The van der Waals surface area contributed by atoms with Crippen LogP contribution >= 0.6 is 22.9 Å². The summed E-state index contributed by atoms with van der Waals surface area (Å²) in [6.45, 7) is 2.56. The van der Waals surface area contributed by atoms with E-state index in [1.165, 1.54) is 22.3 Å². The van der Waals surface area contributed by atoms with E-state index in [1.54, 1.807) is 0 Å². The van der Waals surface area contributed by atoms with Crippen LogP contribution in [0.2, 0.25) is 5.02 Å². The van der Waals surface area contributed by atoms with Crippen molar-refractivity contribution in [1.29, 1.82) is 0 Å². The number of thiophene rings is 1. The quantitative estimate of drug-likeness (QED) is 0.431. The Morgan fingerprint density at radius 2 is 2.00 bits per heavy atom. The van der Waals surface area contributed by atoms with Crippen molar-refractivity contribution in [3.05, 3.63) is 82.1 Å². The van der Waals surface area contributed by atoms with Crippen molar-refractivity contribution >= 4 is 44.7 Å². The maximum atomic E-state index is 12.9. The largest absolute Gasteiger partial charge is 0.321 e. The van der Waals surface area contributed by atoms with E-state index in [1.807, 2.05) is 66.2 Å². The molecule has 0 bridgehead atoms. The fourth-order valence-electron chi connectivity index (χ4n) is 3.29. The molecule has 0 atom stereocenters. The number of benzene rings is 2. The van der Waals surface area contributed by atoms with Gasteiger partial charge in [-0.25, -0.2) is 4.68 Å². The van der Waals surface area contributed by atoms with Crippen LogP contribution < -0.4 is 5.32 Å². The molecule has 0 aliphatic carbocycles. The number of aromatic nitrogens is 6. The molecule has 0 saturated heterocycles. The van der Waals surface area contributed by atoms with Gasteiger partial charge < -0.3 is 5.32 Å². The highest BCUT2D eigenvalue weighted by Gasteiger charge is 2.17. The fraction of sp³-hybridized carbons (Fsp3) is 0.0952. The van der Waals surface area contributed by atoms with E-state index in [4.69, 9.17) is 11.6 Å². The van der Waals surface area contributed by atoms with Gasteiger partial charge in [-0.3, -0.25) is 9.48 Å². The molecule has 0 aliphatic rings. The number of carbonyl (C=O) groups excluding carboxylic acids is 1. The third-order valence-electron chi connectivity index (χ3n) is 4.79. The molecule has 0 unspecified atom stereocenters. The molecule has 0 aliphatic heterocycles. The Hall–Kier alpha value is -3.56. The molecule has 3 aromatic heterocycles. The monoisotopic (exact) mass is 449 g/mol. The van der Waals surface area contributed by atoms with Crippen LogP contribution in [-0.2, 0) is 6.54 Å². The van der Waals surface area contributed by atoms with Crippen LogP contribution in [0.25, 0.3) is 15.9 Å². The van der Waals surface area contributed by atoms with Crippen molar-refractivity contribution in [3.63, 3.8) is 0 Å². The minimum atomic E-state index is -0.174. The van der Waals surface area contributed by atoms with Crippen LogP contribution in [0.5, 0.6) is 0 Å². The molecule has 0 fully saturated rings. The summed E-state index contributed by atoms with van der Waals surface area (Å²) in [5.74, 6) is -0.174. The second kappa shape index (κ2) is 7.93. The summed E-state index contributed by atoms with van der Waals surface area (Å²) >= 11 is 7.40. The maximum absolute atomic E-state index is 12.9. The van der Waals surface area contributed by atoms with Crippen LogP contribution in [-0.4, -0.2) is 35.9 Å². The summed E-state index contributed by atoms with van der Waals surface area (Å²) < 4.78 is 3.46. The van der Waals surface area contributed by atoms with Gasteiger partial charge in [0.15, 0.2) is 0 Å². The average Bonchev–Trinajstić information content (AvgIpc) is 3.50. The number of fused-ring (bicyclic) bond motifs is 1. The summed E-state index contributed by atoms with van der Waals surface area (Å²) in [5, 5.41) is 20.4. The molecule has 1 amide bonds. The average molecular weight is 450 g/mol. The Bertz CT molecular complexity index is 1370. The van der Waals surface area contributed by atoms with Crippen molar-refractivity contribution in [2.45, 2.75) is 13.5 Å². The van der Waals surface area contributed by atoms with E-state index in [9.17, 15) is 4.79 Å². The lowest BCUT2D eigenvalue weighted by Gasteiger charge is -2.06. The van der Waals surface area contributed by atoms with Gasteiger partial charge in [0, 0.05) is 16.1 Å². The van der Waals surface area contributed by atoms with Gasteiger partial charge in [-0.2, -0.15) is 5.10 Å². The van der Waals surface area contributed by atoms with Crippen LogP contribution in [0.4, 0.5) is 5.69 Å². The minimum Gasteiger partial charge on any atom is -0.321 e. The molecule has 0 spiro atoms. The number of nitrogens with zero attached hydrogens (tertiary/aromatic N) is 6. The van der Waals surface area contributed by atoms with Gasteiger partial charge in [0.25, 0.3) is 5.91 Å². The van der Waals surface area contributed by atoms with Crippen molar-refractivity contribution in [1.82, 2.24) is 30.0 Å². The number of aryl methyl sites for hydroxylation is 1. The Labute approximate surface area is 186 Å². The smallest absolute Gasteiger partial charge is 0.265 e. The van der Waals surface area contributed by atoms with Gasteiger partial charge in [0.05, 0.1) is 22.8 Å². The van der Waals surface area contributed by atoms with Crippen molar-refractivity contribution in [3.8, 4) is 5.69 Å². The highest BCUT2D eigenvalue weighted by Crippen LogP contribution is 2.29.